The average molecular weight is 714 g/mol. The van der Waals surface area contributed by atoms with Crippen LogP contribution in [0.1, 0.15) is 0 Å². The van der Waals surface area contributed by atoms with E-state index in [-0.39, 0.29) is 0 Å². The second kappa shape index (κ2) is 13.1. The summed E-state index contributed by atoms with van der Waals surface area (Å²) in [7, 11) is 0. The van der Waals surface area contributed by atoms with Crippen LogP contribution in [0.5, 0.6) is 0 Å². The van der Waals surface area contributed by atoms with E-state index in [0.717, 1.165) is 39.4 Å². The van der Waals surface area contributed by atoms with E-state index in [2.05, 4.69) is 221 Å². The van der Waals surface area contributed by atoms with E-state index in [4.69, 9.17) is 4.98 Å². The lowest BCUT2D eigenvalue weighted by atomic mass is 10.0. The Morgan fingerprint density at radius 1 is 0.250 bits per heavy atom. The van der Waals surface area contributed by atoms with Crippen LogP contribution in [0.4, 0.5) is 0 Å². The highest BCUT2D eigenvalue weighted by Gasteiger charge is 2.18. The molecule has 0 saturated carbocycles. The van der Waals surface area contributed by atoms with Crippen LogP contribution in [0.3, 0.4) is 0 Å². The lowest BCUT2D eigenvalue weighted by Gasteiger charge is -2.14. The quantitative estimate of drug-likeness (QED) is 0.168. The van der Waals surface area contributed by atoms with Gasteiger partial charge in [0.05, 0.1) is 39.1 Å². The fourth-order valence-electron chi connectivity index (χ4n) is 8.45. The monoisotopic (exact) mass is 713 g/mol. The molecule has 0 bridgehead atoms. The van der Waals surface area contributed by atoms with Crippen LogP contribution in [0.2, 0.25) is 0 Å². The summed E-state index contributed by atoms with van der Waals surface area (Å²) in [5.41, 5.74) is 15.8. The number of aromatic nitrogens is 3. The summed E-state index contributed by atoms with van der Waals surface area (Å²) in [5, 5.41) is 4.93. The number of para-hydroxylation sites is 2. The van der Waals surface area contributed by atoms with Gasteiger partial charge < -0.3 is 9.13 Å². The molecule has 0 aliphatic carbocycles. The van der Waals surface area contributed by atoms with Gasteiger partial charge in [-0.15, -0.1) is 0 Å². The van der Waals surface area contributed by atoms with E-state index in [1.54, 1.807) is 0 Å². The molecule has 8 aromatic carbocycles. The maximum atomic E-state index is 5.19. The molecule has 56 heavy (non-hydrogen) atoms. The van der Waals surface area contributed by atoms with Gasteiger partial charge in [-0.05, 0) is 76.9 Å². The van der Waals surface area contributed by atoms with Crippen molar-refractivity contribution in [2.75, 3.05) is 0 Å². The van der Waals surface area contributed by atoms with Crippen molar-refractivity contribution < 1.29 is 0 Å². The largest absolute Gasteiger partial charge is 0.309 e. The Bertz CT molecular complexity index is 3150. The summed E-state index contributed by atoms with van der Waals surface area (Å²) in [4.78, 5) is 5.19. The molecule has 0 aliphatic heterocycles. The smallest absolute Gasteiger partial charge is 0.0730 e. The van der Waals surface area contributed by atoms with E-state index in [9.17, 15) is 0 Å². The molecule has 262 valence electrons. The highest BCUT2D eigenvalue weighted by atomic mass is 15.0. The first-order valence-electron chi connectivity index (χ1n) is 19.1. The minimum Gasteiger partial charge on any atom is -0.309 e. The molecule has 3 nitrogen and oxygen atoms in total. The number of rotatable bonds is 6. The summed E-state index contributed by atoms with van der Waals surface area (Å²) in [5.74, 6) is 0. The summed E-state index contributed by atoms with van der Waals surface area (Å²) in [6.07, 6.45) is 0. The normalized spacial score (nSPS) is 11.6. The van der Waals surface area contributed by atoms with Crippen LogP contribution < -0.4 is 0 Å². The van der Waals surface area contributed by atoms with Crippen LogP contribution >= 0.6 is 0 Å². The minimum atomic E-state index is 0.945. The molecule has 0 aliphatic rings. The van der Waals surface area contributed by atoms with Gasteiger partial charge in [0.25, 0.3) is 0 Å². The van der Waals surface area contributed by atoms with E-state index in [1.165, 1.54) is 60.3 Å². The predicted molar refractivity (Wildman–Crippen MR) is 235 cm³/mol. The minimum absolute atomic E-state index is 0.945. The van der Waals surface area contributed by atoms with Crippen molar-refractivity contribution >= 4 is 43.6 Å². The molecule has 11 aromatic rings. The zero-order valence-electron chi connectivity index (χ0n) is 30.5. The molecule has 0 unspecified atom stereocenters. The van der Waals surface area contributed by atoms with Gasteiger partial charge in [0.1, 0.15) is 0 Å². The topological polar surface area (TPSA) is 22.8 Å². The Morgan fingerprint density at radius 3 is 1.30 bits per heavy atom. The third-order valence-electron chi connectivity index (χ3n) is 11.1. The van der Waals surface area contributed by atoms with Crippen LogP contribution in [-0.2, 0) is 0 Å². The number of nitrogens with zero attached hydrogens (tertiary/aromatic N) is 3. The van der Waals surface area contributed by atoms with Gasteiger partial charge in [-0.25, -0.2) is 4.98 Å². The zero-order chi connectivity index (χ0) is 37.0. The standard InChI is InChI=1S/C53H35N3/c1-4-14-36(15-5-1)37-24-28-42(29-25-37)55-51-23-13-11-21-45(51)47-32-40(27-31-52(47)55)41-26-30-46-44-20-10-12-22-50(44)56(53(46)33-41)43-34-48(38-16-6-2-7-17-38)54-49(35-43)39-18-8-3-9-19-39/h1-35H. The molecule has 3 heterocycles. The van der Waals surface area contributed by atoms with E-state index < -0.39 is 0 Å². The van der Waals surface area contributed by atoms with Gasteiger partial charge in [-0.1, -0.05) is 158 Å². The van der Waals surface area contributed by atoms with Gasteiger partial charge in [-0.3, -0.25) is 0 Å². The van der Waals surface area contributed by atoms with Crippen molar-refractivity contribution in [3.63, 3.8) is 0 Å². The number of fused-ring (bicyclic) bond motifs is 6. The van der Waals surface area contributed by atoms with Gasteiger partial charge in [0.2, 0.25) is 0 Å². The zero-order valence-corrected chi connectivity index (χ0v) is 30.5. The highest BCUT2D eigenvalue weighted by Crippen LogP contribution is 2.39. The van der Waals surface area contributed by atoms with Crippen LogP contribution in [0.25, 0.3) is 99.8 Å². The Labute approximate surface area is 325 Å². The van der Waals surface area contributed by atoms with Gasteiger partial charge in [-0.2, -0.15) is 0 Å². The first-order valence-corrected chi connectivity index (χ1v) is 19.1. The number of benzene rings is 8. The molecule has 0 atom stereocenters. The molecule has 0 saturated heterocycles. The second-order valence-corrected chi connectivity index (χ2v) is 14.4. The molecule has 0 radical (unpaired) electrons. The summed E-state index contributed by atoms with van der Waals surface area (Å²) < 4.78 is 4.81. The number of hydrogen-bond acceptors (Lipinski definition) is 1. The Kier molecular flexibility index (Phi) is 7.49. The van der Waals surface area contributed by atoms with Crippen molar-refractivity contribution in [2.24, 2.45) is 0 Å². The molecule has 3 heteroatoms. The molecule has 0 N–H and O–H groups in total. The molecular weight excluding hydrogens is 679 g/mol. The van der Waals surface area contributed by atoms with Gasteiger partial charge >= 0.3 is 0 Å². The lowest BCUT2D eigenvalue weighted by Crippen LogP contribution is -1.98. The Hall–Kier alpha value is -7.49. The predicted octanol–water partition coefficient (Wildman–Crippen LogP) is 13.9. The van der Waals surface area contributed by atoms with Crippen molar-refractivity contribution in [2.45, 2.75) is 0 Å². The van der Waals surface area contributed by atoms with Crippen LogP contribution in [0, 0.1) is 0 Å². The average Bonchev–Trinajstić information content (AvgIpc) is 3.79. The summed E-state index contributed by atoms with van der Waals surface area (Å²) >= 11 is 0. The Morgan fingerprint density at radius 2 is 0.679 bits per heavy atom. The molecule has 0 spiro atoms. The lowest BCUT2D eigenvalue weighted by molar-refractivity contribution is 1.16. The molecule has 0 amide bonds. The molecule has 0 fully saturated rings. The summed E-state index contributed by atoms with van der Waals surface area (Å²) in [6.45, 7) is 0. The fourth-order valence-corrected chi connectivity index (χ4v) is 8.45. The third-order valence-corrected chi connectivity index (χ3v) is 11.1. The maximum absolute atomic E-state index is 5.19. The molecule has 3 aromatic heterocycles. The maximum Gasteiger partial charge on any atom is 0.0730 e. The van der Waals surface area contributed by atoms with Gasteiger partial charge in [0.15, 0.2) is 0 Å². The molecular formula is C53H35N3. The number of pyridine rings is 1. The Balaban J connectivity index is 1.08. The first kappa shape index (κ1) is 32.0. The number of hydrogen-bond donors (Lipinski definition) is 0. The van der Waals surface area contributed by atoms with E-state index in [0.29, 0.717) is 0 Å². The van der Waals surface area contributed by atoms with Crippen molar-refractivity contribution in [1.82, 2.24) is 14.1 Å². The fraction of sp³-hybridized carbons (Fsp3) is 0. The van der Waals surface area contributed by atoms with E-state index in [1.807, 2.05) is 0 Å². The van der Waals surface area contributed by atoms with Gasteiger partial charge in [0, 0.05) is 38.4 Å². The second-order valence-electron chi connectivity index (χ2n) is 14.4. The van der Waals surface area contributed by atoms with E-state index >= 15 is 0 Å². The van der Waals surface area contributed by atoms with Crippen LogP contribution in [-0.4, -0.2) is 14.1 Å². The van der Waals surface area contributed by atoms with Crippen molar-refractivity contribution in [1.29, 1.82) is 0 Å². The first-order chi connectivity index (χ1) is 27.8. The van der Waals surface area contributed by atoms with Crippen molar-refractivity contribution in [3.05, 3.63) is 212 Å². The third kappa shape index (κ3) is 5.32. The molecule has 11 rings (SSSR count). The summed E-state index contributed by atoms with van der Waals surface area (Å²) in [6, 6.07) is 76.3. The highest BCUT2D eigenvalue weighted by molar-refractivity contribution is 6.12. The van der Waals surface area contributed by atoms with Crippen molar-refractivity contribution in [3.8, 4) is 56.1 Å². The van der Waals surface area contributed by atoms with Crippen LogP contribution in [0.15, 0.2) is 212 Å². The SMILES string of the molecule is c1ccc(-c2ccc(-n3c4ccccc4c4cc(-c5ccc6c7ccccc7n(-c7cc(-c8ccccc8)nc(-c8ccccc8)c7)c6c5)ccc43)cc2)cc1.